The zero-order valence-corrected chi connectivity index (χ0v) is 16.5. The van der Waals surface area contributed by atoms with Crippen molar-refractivity contribution >= 4 is 23.5 Å². The predicted molar refractivity (Wildman–Crippen MR) is 120 cm³/mol. The van der Waals surface area contributed by atoms with Crippen molar-refractivity contribution in [1.29, 1.82) is 0 Å². The van der Waals surface area contributed by atoms with Crippen LogP contribution in [0.1, 0.15) is 23.4 Å². The van der Waals surface area contributed by atoms with Crippen molar-refractivity contribution in [3.8, 4) is 5.69 Å². The van der Waals surface area contributed by atoms with Gasteiger partial charge in [0.25, 0.3) is 0 Å². The number of aryl methyl sites for hydroxylation is 1. The molecule has 0 spiro atoms. The molecule has 2 heterocycles. The summed E-state index contributed by atoms with van der Waals surface area (Å²) in [5, 5.41) is 20.7. The Morgan fingerprint density at radius 3 is 2.63 bits per heavy atom. The zero-order valence-electron chi connectivity index (χ0n) is 16.5. The van der Waals surface area contributed by atoms with Gasteiger partial charge in [-0.1, -0.05) is 35.6 Å². The summed E-state index contributed by atoms with van der Waals surface area (Å²) in [5.74, 6) is 0. The smallest absolute Gasteiger partial charge is 0.0832 e. The zero-order chi connectivity index (χ0) is 20.6. The lowest BCUT2D eigenvalue weighted by Crippen LogP contribution is -1.97. The molecule has 0 unspecified atom stereocenters. The monoisotopic (exact) mass is 397 g/mol. The third kappa shape index (κ3) is 5.18. The summed E-state index contributed by atoms with van der Waals surface area (Å²) in [5.41, 5.74) is 5.82. The standard InChI is InChI=1S/C24H23N5O/c30-16-4-7-23-18-29(28-27-23)24-8-3-6-22(17-24)26-21-13-10-19(11-14-21)9-12-20-5-1-2-15-25-20/h1-3,5-6,8-15,17-18,26,30H,4,7,16H2/b12-9+. The molecule has 6 heteroatoms. The lowest BCUT2D eigenvalue weighted by atomic mass is 10.1. The maximum atomic E-state index is 8.96. The fourth-order valence-corrected chi connectivity index (χ4v) is 3.03. The lowest BCUT2D eigenvalue weighted by Gasteiger charge is -2.08. The number of benzene rings is 2. The Hall–Kier alpha value is -3.77. The van der Waals surface area contributed by atoms with E-state index < -0.39 is 0 Å². The first-order chi connectivity index (χ1) is 14.8. The molecule has 0 saturated carbocycles. The topological polar surface area (TPSA) is 75.9 Å². The van der Waals surface area contributed by atoms with Gasteiger partial charge in [-0.3, -0.25) is 4.98 Å². The Morgan fingerprint density at radius 2 is 1.83 bits per heavy atom. The van der Waals surface area contributed by atoms with E-state index in [1.807, 2.05) is 72.9 Å². The maximum Gasteiger partial charge on any atom is 0.0832 e. The number of rotatable bonds is 8. The van der Waals surface area contributed by atoms with Crippen LogP contribution in [0.4, 0.5) is 11.4 Å². The van der Waals surface area contributed by atoms with Crippen LogP contribution in [0, 0.1) is 0 Å². The Balaban J connectivity index is 1.42. The van der Waals surface area contributed by atoms with Gasteiger partial charge in [-0.05, 0) is 66.9 Å². The van der Waals surface area contributed by atoms with Gasteiger partial charge >= 0.3 is 0 Å². The summed E-state index contributed by atoms with van der Waals surface area (Å²) < 4.78 is 1.75. The molecule has 4 aromatic rings. The fourth-order valence-electron chi connectivity index (χ4n) is 3.03. The van der Waals surface area contributed by atoms with Gasteiger partial charge in [-0.2, -0.15) is 0 Å². The van der Waals surface area contributed by atoms with Crippen LogP contribution >= 0.6 is 0 Å². The fraction of sp³-hybridized carbons (Fsp3) is 0.125. The molecule has 0 bridgehead atoms. The van der Waals surface area contributed by atoms with Crippen molar-refractivity contribution < 1.29 is 5.11 Å². The Labute approximate surface area is 175 Å². The second-order valence-electron chi connectivity index (χ2n) is 6.87. The van der Waals surface area contributed by atoms with Crippen LogP contribution in [0.25, 0.3) is 17.8 Å². The van der Waals surface area contributed by atoms with Crippen molar-refractivity contribution in [2.24, 2.45) is 0 Å². The minimum Gasteiger partial charge on any atom is -0.396 e. The normalized spacial score (nSPS) is 11.1. The third-order valence-electron chi connectivity index (χ3n) is 4.58. The lowest BCUT2D eigenvalue weighted by molar-refractivity contribution is 0.288. The van der Waals surface area contributed by atoms with Gasteiger partial charge in [0.1, 0.15) is 0 Å². The van der Waals surface area contributed by atoms with Gasteiger partial charge in [0.15, 0.2) is 0 Å². The van der Waals surface area contributed by atoms with Crippen molar-refractivity contribution in [1.82, 2.24) is 20.0 Å². The van der Waals surface area contributed by atoms with Gasteiger partial charge < -0.3 is 10.4 Å². The summed E-state index contributed by atoms with van der Waals surface area (Å²) in [4.78, 5) is 4.29. The summed E-state index contributed by atoms with van der Waals surface area (Å²) in [6.45, 7) is 0.157. The molecule has 2 N–H and O–H groups in total. The minimum atomic E-state index is 0.157. The van der Waals surface area contributed by atoms with E-state index in [4.69, 9.17) is 5.11 Å². The largest absolute Gasteiger partial charge is 0.396 e. The highest BCUT2D eigenvalue weighted by molar-refractivity contribution is 5.70. The number of hydrogen-bond acceptors (Lipinski definition) is 5. The van der Waals surface area contributed by atoms with Gasteiger partial charge in [-0.25, -0.2) is 4.68 Å². The first-order valence-corrected chi connectivity index (χ1v) is 9.89. The van der Waals surface area contributed by atoms with E-state index >= 15 is 0 Å². The Kier molecular flexibility index (Phi) is 6.27. The minimum absolute atomic E-state index is 0.157. The summed E-state index contributed by atoms with van der Waals surface area (Å²) in [6, 6.07) is 22.1. The molecule has 0 atom stereocenters. The third-order valence-corrected chi connectivity index (χ3v) is 4.58. The van der Waals surface area contributed by atoms with E-state index in [0.29, 0.717) is 6.42 Å². The van der Waals surface area contributed by atoms with E-state index in [-0.39, 0.29) is 6.61 Å². The number of hydrogen-bond donors (Lipinski definition) is 2. The molecular formula is C24H23N5O. The second-order valence-corrected chi connectivity index (χ2v) is 6.87. The highest BCUT2D eigenvalue weighted by Gasteiger charge is 2.04. The van der Waals surface area contributed by atoms with Gasteiger partial charge in [-0.15, -0.1) is 5.10 Å². The average molecular weight is 397 g/mol. The summed E-state index contributed by atoms with van der Waals surface area (Å²) in [7, 11) is 0. The molecule has 150 valence electrons. The van der Waals surface area contributed by atoms with E-state index in [1.54, 1.807) is 10.9 Å². The van der Waals surface area contributed by atoms with Crippen molar-refractivity contribution in [2.45, 2.75) is 12.8 Å². The number of nitrogens with zero attached hydrogens (tertiary/aromatic N) is 4. The Bertz CT molecular complexity index is 1100. The van der Waals surface area contributed by atoms with Crippen LogP contribution in [0.5, 0.6) is 0 Å². The van der Waals surface area contributed by atoms with Gasteiger partial charge in [0.05, 0.1) is 23.3 Å². The van der Waals surface area contributed by atoms with E-state index in [2.05, 4.69) is 32.7 Å². The second kappa shape index (κ2) is 9.62. The number of aromatic nitrogens is 4. The molecule has 0 aliphatic heterocycles. The van der Waals surface area contributed by atoms with Crippen molar-refractivity contribution in [3.05, 3.63) is 96.1 Å². The van der Waals surface area contributed by atoms with Crippen LogP contribution in [0.15, 0.2) is 79.1 Å². The number of aliphatic hydroxyl groups excluding tert-OH is 1. The summed E-state index contributed by atoms with van der Waals surface area (Å²) in [6.07, 6.45) is 9.14. The molecular weight excluding hydrogens is 374 g/mol. The molecule has 30 heavy (non-hydrogen) atoms. The number of anilines is 2. The molecule has 0 amide bonds. The molecule has 0 radical (unpaired) electrons. The maximum absolute atomic E-state index is 8.96. The molecule has 0 saturated heterocycles. The molecule has 0 fully saturated rings. The van der Waals surface area contributed by atoms with Crippen LogP contribution in [-0.2, 0) is 6.42 Å². The van der Waals surface area contributed by atoms with Crippen LogP contribution in [-0.4, -0.2) is 31.7 Å². The highest BCUT2D eigenvalue weighted by Crippen LogP contribution is 2.20. The van der Waals surface area contributed by atoms with Crippen molar-refractivity contribution in [3.63, 3.8) is 0 Å². The molecule has 0 aliphatic carbocycles. The molecule has 6 nitrogen and oxygen atoms in total. The molecule has 0 aliphatic rings. The van der Waals surface area contributed by atoms with E-state index in [0.717, 1.165) is 40.4 Å². The SMILES string of the molecule is OCCCc1cn(-c2cccc(Nc3ccc(/C=C/c4ccccn4)cc3)c2)nn1. The quantitative estimate of drug-likeness (QED) is 0.458. The van der Waals surface area contributed by atoms with Crippen molar-refractivity contribution in [2.75, 3.05) is 11.9 Å². The summed E-state index contributed by atoms with van der Waals surface area (Å²) >= 11 is 0. The highest BCUT2D eigenvalue weighted by atomic mass is 16.2. The van der Waals surface area contributed by atoms with Gasteiger partial charge in [0, 0.05) is 24.2 Å². The van der Waals surface area contributed by atoms with E-state index in [1.165, 1.54) is 0 Å². The molecule has 4 rings (SSSR count). The van der Waals surface area contributed by atoms with Crippen LogP contribution in [0.3, 0.4) is 0 Å². The first kappa shape index (κ1) is 19.5. The molecule has 2 aromatic carbocycles. The molecule has 2 aromatic heterocycles. The predicted octanol–water partition coefficient (Wildman–Crippen LogP) is 4.50. The van der Waals surface area contributed by atoms with Gasteiger partial charge in [0.2, 0.25) is 0 Å². The first-order valence-electron chi connectivity index (χ1n) is 9.89. The van der Waals surface area contributed by atoms with Crippen LogP contribution in [0.2, 0.25) is 0 Å². The van der Waals surface area contributed by atoms with E-state index in [9.17, 15) is 0 Å². The number of pyridine rings is 1. The van der Waals surface area contributed by atoms with Crippen LogP contribution < -0.4 is 5.32 Å². The Morgan fingerprint density at radius 1 is 0.933 bits per heavy atom. The number of aliphatic hydroxyl groups is 1. The average Bonchev–Trinajstić information content (AvgIpc) is 3.27. The number of nitrogens with one attached hydrogen (secondary N) is 1.